The Morgan fingerprint density at radius 2 is 0.917 bits per heavy atom. The van der Waals surface area contributed by atoms with Crippen LogP contribution >= 0.6 is 12.6 Å². The zero-order valence-corrected chi connectivity index (χ0v) is 18.9. The molecule has 0 aliphatic carbocycles. The van der Waals surface area contributed by atoms with Crippen molar-refractivity contribution in [3.8, 4) is 0 Å². The van der Waals surface area contributed by atoms with Gasteiger partial charge in [0.1, 0.15) is 0 Å². The van der Waals surface area contributed by atoms with Crippen molar-refractivity contribution in [2.75, 3.05) is 5.75 Å². The third-order valence-electron chi connectivity index (χ3n) is 5.25. The molecule has 0 saturated heterocycles. The molecule has 0 rings (SSSR count). The van der Waals surface area contributed by atoms with Gasteiger partial charge < -0.3 is 0 Å². The highest BCUT2D eigenvalue weighted by molar-refractivity contribution is 7.80. The fourth-order valence-corrected chi connectivity index (χ4v) is 3.73. The molecule has 0 aliphatic rings. The van der Waals surface area contributed by atoms with E-state index in [4.69, 9.17) is 0 Å². The van der Waals surface area contributed by atoms with Gasteiger partial charge in [0.15, 0.2) is 0 Å². The largest absolute Gasteiger partial charge is 0.422 e. The summed E-state index contributed by atoms with van der Waals surface area (Å²) >= 11 is 3.42. The molecule has 0 spiro atoms. The number of hydrogen-bond donors (Lipinski definition) is 1. The normalized spacial score (nSPS) is 19.1. The van der Waals surface area contributed by atoms with E-state index in [1.165, 1.54) is 0 Å². The average Bonchev–Trinajstić information content (AvgIpc) is 2.53. The van der Waals surface area contributed by atoms with E-state index in [1.54, 1.807) is 0 Å². The Labute approximate surface area is 199 Å². The van der Waals surface area contributed by atoms with Crippen LogP contribution in [0, 0.1) is 17.8 Å². The van der Waals surface area contributed by atoms with Crippen molar-refractivity contribution in [3.63, 3.8) is 0 Å². The van der Waals surface area contributed by atoms with Crippen molar-refractivity contribution in [3.05, 3.63) is 0 Å². The molecule has 0 aromatic heterocycles. The Bertz CT molecular complexity index is 671. The van der Waals surface area contributed by atoms with E-state index in [2.05, 4.69) is 12.6 Å². The second kappa shape index (κ2) is 11.5. The highest BCUT2D eigenvalue weighted by Crippen LogP contribution is 2.50. The molecule has 18 heteroatoms. The van der Waals surface area contributed by atoms with Gasteiger partial charge in [0.05, 0.1) is 30.6 Å². The summed E-state index contributed by atoms with van der Waals surface area (Å²) in [4.78, 5) is 0. The van der Waals surface area contributed by atoms with E-state index in [-0.39, 0.29) is 0 Å². The van der Waals surface area contributed by atoms with E-state index in [0.717, 1.165) is 0 Å². The van der Waals surface area contributed by atoms with Crippen molar-refractivity contribution in [1.29, 1.82) is 0 Å². The summed E-state index contributed by atoms with van der Waals surface area (Å²) < 4.78 is 225. The number of alkyl halides is 17. The van der Waals surface area contributed by atoms with Gasteiger partial charge in [-0.05, 0) is 31.9 Å². The quantitative estimate of drug-likeness (QED) is 0.170. The molecule has 0 aromatic carbocycles. The molecule has 0 nitrogen and oxygen atoms in total. The van der Waals surface area contributed by atoms with Crippen molar-refractivity contribution in [2.24, 2.45) is 17.8 Å². The highest BCUT2D eigenvalue weighted by atomic mass is 32.1. The van der Waals surface area contributed by atoms with Gasteiger partial charge in [-0.3, -0.25) is 0 Å². The lowest BCUT2D eigenvalue weighted by Gasteiger charge is -2.33. The first-order valence-corrected chi connectivity index (χ1v) is 10.5. The van der Waals surface area contributed by atoms with Crippen molar-refractivity contribution < 1.29 is 74.6 Å². The molecule has 218 valence electrons. The Morgan fingerprint density at radius 3 is 1.25 bits per heavy atom. The van der Waals surface area contributed by atoms with E-state index < -0.39 is 111 Å². The Balaban J connectivity index is 5.91. The lowest BCUT2D eigenvalue weighted by atomic mass is 9.82. The molecule has 0 aromatic rings. The predicted octanol–water partition coefficient (Wildman–Crippen LogP) is 9.35. The van der Waals surface area contributed by atoms with Crippen molar-refractivity contribution >= 4 is 12.6 Å². The molecule has 0 saturated carbocycles. The van der Waals surface area contributed by atoms with Crippen molar-refractivity contribution in [1.82, 2.24) is 0 Å². The summed E-state index contributed by atoms with van der Waals surface area (Å²) in [5, 5.41) is 0. The maximum atomic E-state index is 14.0. The molecule has 0 fully saturated rings. The molecular weight excluding hydrogens is 571 g/mol. The maximum absolute atomic E-state index is 14.0. The minimum absolute atomic E-state index is 0.437. The van der Waals surface area contributed by atoms with E-state index in [0.29, 0.717) is 0 Å². The summed E-state index contributed by atoms with van der Waals surface area (Å²) in [6.45, 7) is -0.437. The molecule has 0 radical (unpaired) electrons. The third-order valence-corrected chi connectivity index (χ3v) is 5.51. The first-order valence-electron chi connectivity index (χ1n) is 9.86. The van der Waals surface area contributed by atoms with Gasteiger partial charge in [-0.25, -0.2) is 22.0 Å². The van der Waals surface area contributed by atoms with Crippen LogP contribution in [0.5, 0.6) is 0 Å². The van der Waals surface area contributed by atoms with Crippen LogP contribution in [0.25, 0.3) is 0 Å². The second-order valence-corrected chi connectivity index (χ2v) is 9.11. The maximum Gasteiger partial charge on any atom is 0.422 e. The van der Waals surface area contributed by atoms with Crippen LogP contribution in [0.1, 0.15) is 45.4 Å². The SMILES string of the molecule is CC(F)(CC(F)(F)CC(F)(F)CC(CC(CC(CCS)C(F)(F)F)C(F)(F)F)C(F)(F)F)C(F)(F)F. The van der Waals surface area contributed by atoms with E-state index in [1.807, 2.05) is 0 Å². The van der Waals surface area contributed by atoms with Gasteiger partial charge >= 0.3 is 24.7 Å². The standard InChI is InChI=1S/C18H21F17S/c1-12(19,18(33,34)35)7-14(22,23)8-13(20,21)6-11(17(30,31)32)5-10(16(27,28)29)4-9(2-3-36)15(24,25)26/h9-11,36H,2-8H2,1H3. The summed E-state index contributed by atoms with van der Waals surface area (Å²) in [7, 11) is 0. The zero-order valence-electron chi connectivity index (χ0n) is 18.1. The summed E-state index contributed by atoms with van der Waals surface area (Å²) in [5.41, 5.74) is -4.74. The summed E-state index contributed by atoms with van der Waals surface area (Å²) in [5.74, 6) is -21.2. The number of thiol groups is 1. The molecule has 0 N–H and O–H groups in total. The molecule has 0 amide bonds. The van der Waals surface area contributed by atoms with Gasteiger partial charge in [0, 0.05) is 6.42 Å². The highest BCUT2D eigenvalue weighted by Gasteiger charge is 2.60. The van der Waals surface area contributed by atoms with Crippen LogP contribution in [-0.2, 0) is 0 Å². The van der Waals surface area contributed by atoms with Crippen LogP contribution in [-0.4, -0.2) is 48.0 Å². The number of hydrogen-bond acceptors (Lipinski definition) is 1. The molecule has 0 bridgehead atoms. The van der Waals surface area contributed by atoms with Crippen LogP contribution in [0.4, 0.5) is 74.6 Å². The Kier molecular flexibility index (Phi) is 11.2. The van der Waals surface area contributed by atoms with E-state index in [9.17, 15) is 74.6 Å². The predicted molar refractivity (Wildman–Crippen MR) is 95.7 cm³/mol. The summed E-state index contributed by atoms with van der Waals surface area (Å²) in [6, 6.07) is 0. The van der Waals surface area contributed by atoms with Gasteiger partial charge in [0.25, 0.3) is 11.8 Å². The molecule has 0 heterocycles. The Morgan fingerprint density at radius 1 is 0.528 bits per heavy atom. The van der Waals surface area contributed by atoms with Gasteiger partial charge in [0.2, 0.25) is 5.67 Å². The summed E-state index contributed by atoms with van der Waals surface area (Å²) in [6.07, 6.45) is -37.2. The second-order valence-electron chi connectivity index (χ2n) is 8.66. The zero-order chi connectivity index (χ0) is 29.2. The Hall–Kier alpha value is -0.840. The fourth-order valence-electron chi connectivity index (χ4n) is 3.41. The topological polar surface area (TPSA) is 0 Å². The molecule has 36 heavy (non-hydrogen) atoms. The molecule has 4 atom stereocenters. The van der Waals surface area contributed by atoms with Gasteiger partial charge in [-0.2, -0.15) is 65.3 Å². The first-order chi connectivity index (χ1) is 15.5. The molecule has 4 unspecified atom stereocenters. The van der Waals surface area contributed by atoms with Crippen LogP contribution in [0.2, 0.25) is 0 Å². The molecular formula is C18H21F17S. The minimum atomic E-state index is -5.97. The van der Waals surface area contributed by atoms with E-state index >= 15 is 0 Å². The lowest BCUT2D eigenvalue weighted by Crippen LogP contribution is -2.45. The van der Waals surface area contributed by atoms with Crippen LogP contribution in [0.3, 0.4) is 0 Å². The monoisotopic (exact) mass is 592 g/mol. The average molecular weight is 592 g/mol. The number of rotatable bonds is 12. The third kappa shape index (κ3) is 11.7. The van der Waals surface area contributed by atoms with Gasteiger partial charge in [-0.15, -0.1) is 0 Å². The van der Waals surface area contributed by atoms with Crippen molar-refractivity contribution in [2.45, 2.75) is 87.7 Å². The van der Waals surface area contributed by atoms with Gasteiger partial charge in [-0.1, -0.05) is 0 Å². The number of halogens is 17. The smallest absolute Gasteiger partial charge is 0.234 e. The van der Waals surface area contributed by atoms with Crippen LogP contribution < -0.4 is 0 Å². The minimum Gasteiger partial charge on any atom is -0.234 e. The fraction of sp³-hybridized carbons (Fsp3) is 1.00. The lowest BCUT2D eigenvalue weighted by molar-refractivity contribution is -0.254. The molecule has 0 aliphatic heterocycles. The first kappa shape index (κ1) is 35.2. The van der Waals surface area contributed by atoms with Crippen LogP contribution in [0.15, 0.2) is 0 Å².